The first-order valence-electron chi connectivity index (χ1n) is 13.7. The Kier molecular flexibility index (Phi) is 3.91. The number of aryl methyl sites for hydroxylation is 2. The summed E-state index contributed by atoms with van der Waals surface area (Å²) in [5.41, 5.74) is 7.44. The molecule has 0 saturated heterocycles. The molecular formula is C34H31N2+. The average Bonchev–Trinajstić information content (AvgIpc) is 3.39. The minimum atomic E-state index is -1.43. The molecule has 0 aliphatic rings. The fraction of sp³-hybridized carbons (Fsp3) is 0.206. The van der Waals surface area contributed by atoms with E-state index < -0.39 is 11.8 Å². The Morgan fingerprint density at radius 3 is 2.22 bits per heavy atom. The minimum Gasteiger partial charge on any atom is -0.308 e. The highest BCUT2D eigenvalue weighted by Crippen LogP contribution is 2.44. The predicted octanol–water partition coefficient (Wildman–Crippen LogP) is 8.38. The Balaban J connectivity index is 1.55. The lowest BCUT2D eigenvalue weighted by molar-refractivity contribution is -0.660. The molecule has 0 atom stereocenters. The lowest BCUT2D eigenvalue weighted by atomic mass is 9.88. The molecular weight excluding hydrogens is 436 g/mol. The average molecular weight is 470 g/mol. The van der Waals surface area contributed by atoms with E-state index in [1.807, 2.05) is 40.1 Å². The Morgan fingerprint density at radius 2 is 1.50 bits per heavy atom. The summed E-state index contributed by atoms with van der Waals surface area (Å²) in [6.07, 6.45) is 0.524. The third-order valence-corrected chi connectivity index (χ3v) is 7.46. The molecule has 0 aliphatic heterocycles. The molecule has 0 spiro atoms. The molecule has 2 nitrogen and oxygen atoms in total. The summed E-state index contributed by atoms with van der Waals surface area (Å²) in [5, 5.41) is 7.66. The van der Waals surface area contributed by atoms with Gasteiger partial charge in [-0.3, -0.25) is 0 Å². The van der Waals surface area contributed by atoms with E-state index in [1.54, 1.807) is 0 Å². The van der Waals surface area contributed by atoms with Gasteiger partial charge in [0.1, 0.15) is 7.05 Å². The van der Waals surface area contributed by atoms with Crippen molar-refractivity contribution in [3.63, 3.8) is 0 Å². The molecule has 3 aromatic heterocycles. The second-order valence-electron chi connectivity index (χ2n) is 11.2. The van der Waals surface area contributed by atoms with Gasteiger partial charge in [-0.1, -0.05) is 63.2 Å². The number of para-hydroxylation sites is 2. The Hall–Kier alpha value is -3.91. The summed E-state index contributed by atoms with van der Waals surface area (Å²) in [7, 11) is 2.02. The van der Waals surface area contributed by atoms with Gasteiger partial charge in [0, 0.05) is 41.5 Å². The van der Waals surface area contributed by atoms with Crippen molar-refractivity contribution in [1.29, 1.82) is 0 Å². The highest BCUT2D eigenvalue weighted by atomic mass is 14.9. The van der Waals surface area contributed by atoms with Gasteiger partial charge in [0.25, 0.3) is 0 Å². The van der Waals surface area contributed by atoms with Gasteiger partial charge in [-0.05, 0) is 65.4 Å². The van der Waals surface area contributed by atoms with Crippen molar-refractivity contribution in [2.75, 3.05) is 0 Å². The molecule has 0 aliphatic carbocycles. The minimum absolute atomic E-state index is 0.498. The van der Waals surface area contributed by atoms with Crippen molar-refractivity contribution < 1.29 is 7.31 Å². The van der Waals surface area contributed by atoms with E-state index in [-0.39, 0.29) is 0 Å². The number of benzene rings is 4. The zero-order valence-corrected chi connectivity index (χ0v) is 21.5. The van der Waals surface area contributed by atoms with Crippen LogP contribution in [0.5, 0.6) is 0 Å². The summed E-state index contributed by atoms with van der Waals surface area (Å²) in [4.78, 5) is 0. The van der Waals surface area contributed by atoms with Gasteiger partial charge in [-0.15, -0.1) is 0 Å². The number of aromatic nitrogens is 2. The molecule has 0 fully saturated rings. The van der Waals surface area contributed by atoms with Crippen LogP contribution in [0, 0.1) is 12.3 Å². The molecule has 0 unspecified atom stereocenters. The van der Waals surface area contributed by atoms with Crippen LogP contribution in [0.15, 0.2) is 85.1 Å². The van der Waals surface area contributed by atoms with E-state index in [0.717, 1.165) is 5.69 Å². The molecule has 0 radical (unpaired) electrons. The van der Waals surface area contributed by atoms with Crippen LogP contribution in [0.25, 0.3) is 60.1 Å². The van der Waals surface area contributed by atoms with E-state index in [4.69, 9.17) is 2.74 Å². The van der Waals surface area contributed by atoms with Crippen molar-refractivity contribution in [2.45, 2.75) is 34.1 Å². The summed E-state index contributed by atoms with van der Waals surface area (Å²) in [6, 6.07) is 28.5. The quantitative estimate of drug-likeness (QED) is 0.225. The molecule has 7 rings (SSSR count). The van der Waals surface area contributed by atoms with Crippen molar-refractivity contribution in [2.24, 2.45) is 12.5 Å². The summed E-state index contributed by atoms with van der Waals surface area (Å²) in [5.74, 6) is 0. The maximum absolute atomic E-state index is 8.74. The maximum Gasteiger partial charge on any atom is 0.212 e. The highest BCUT2D eigenvalue weighted by Gasteiger charge is 2.22. The second kappa shape index (κ2) is 7.30. The van der Waals surface area contributed by atoms with Crippen molar-refractivity contribution in [3.05, 3.63) is 96.2 Å². The second-order valence-corrected chi connectivity index (χ2v) is 11.2. The SMILES string of the molecule is [2H]C([2H])(c1ccc(-c2cc3c(cc2C)cc2c4ccccc4n4c5ccccc5c3c24)[n+](C)c1)C(C)(C)C. The van der Waals surface area contributed by atoms with Crippen molar-refractivity contribution in [3.8, 4) is 11.3 Å². The first-order chi connectivity index (χ1) is 18.1. The van der Waals surface area contributed by atoms with E-state index in [9.17, 15) is 0 Å². The standard InChI is InChI=1S/C34H31N2/c1-21-16-23-17-28-24-10-6-8-12-30(24)36-31-13-9-7-11-25(31)32(33(28)36)27(23)18-26(21)29-15-14-22(20-35(29)5)19-34(2,3)4/h6-18,20H,19H2,1-5H3/q+1/i19D2. The number of hydrogen-bond acceptors (Lipinski definition) is 0. The zero-order chi connectivity index (χ0) is 26.6. The summed E-state index contributed by atoms with van der Waals surface area (Å²) >= 11 is 0. The van der Waals surface area contributed by atoms with Gasteiger partial charge >= 0.3 is 0 Å². The third-order valence-electron chi connectivity index (χ3n) is 7.46. The van der Waals surface area contributed by atoms with Crippen LogP contribution in [0.1, 0.15) is 34.6 Å². The van der Waals surface area contributed by atoms with Crippen LogP contribution in [-0.4, -0.2) is 4.40 Å². The lowest BCUT2D eigenvalue weighted by Gasteiger charge is -2.17. The maximum atomic E-state index is 8.74. The van der Waals surface area contributed by atoms with Crippen LogP contribution in [0.3, 0.4) is 0 Å². The van der Waals surface area contributed by atoms with Crippen LogP contribution in [0.2, 0.25) is 0 Å². The molecule has 0 bridgehead atoms. The molecule has 2 heteroatoms. The fourth-order valence-electron chi connectivity index (χ4n) is 6.08. The molecule has 0 N–H and O–H groups in total. The molecule has 3 heterocycles. The number of nitrogens with zero attached hydrogens (tertiary/aromatic N) is 2. The number of pyridine rings is 1. The molecule has 4 aromatic carbocycles. The first-order valence-corrected chi connectivity index (χ1v) is 12.7. The molecule has 0 amide bonds. The van der Waals surface area contributed by atoms with E-state index >= 15 is 0 Å². The molecule has 7 aromatic rings. The van der Waals surface area contributed by atoms with Gasteiger partial charge in [0.15, 0.2) is 6.20 Å². The van der Waals surface area contributed by atoms with Gasteiger partial charge < -0.3 is 4.40 Å². The Bertz CT molecular complexity index is 2060. The number of fused-ring (bicyclic) bond motifs is 8. The third kappa shape index (κ3) is 3.00. The van der Waals surface area contributed by atoms with Crippen molar-refractivity contribution >= 4 is 48.9 Å². The molecule has 36 heavy (non-hydrogen) atoms. The lowest BCUT2D eigenvalue weighted by Crippen LogP contribution is -2.32. The van der Waals surface area contributed by atoms with E-state index in [1.165, 1.54) is 60.0 Å². The monoisotopic (exact) mass is 469 g/mol. The Morgan fingerprint density at radius 1 is 0.806 bits per heavy atom. The zero-order valence-electron chi connectivity index (χ0n) is 23.5. The normalized spacial score (nSPS) is 13.9. The number of hydrogen-bond donors (Lipinski definition) is 0. The van der Waals surface area contributed by atoms with Gasteiger partial charge in [0.05, 0.1) is 16.6 Å². The van der Waals surface area contributed by atoms with Crippen LogP contribution < -0.4 is 4.57 Å². The Labute approximate surface area is 214 Å². The van der Waals surface area contributed by atoms with Crippen molar-refractivity contribution in [1.82, 2.24) is 4.40 Å². The van der Waals surface area contributed by atoms with Gasteiger partial charge in [-0.25, -0.2) is 4.57 Å². The fourth-order valence-corrected chi connectivity index (χ4v) is 6.08. The van der Waals surface area contributed by atoms with Crippen LogP contribution >= 0.6 is 0 Å². The van der Waals surface area contributed by atoms with Crippen LogP contribution in [-0.2, 0) is 13.4 Å². The van der Waals surface area contributed by atoms with E-state index in [2.05, 4.69) is 88.7 Å². The first kappa shape index (κ1) is 19.3. The molecule has 176 valence electrons. The number of rotatable bonds is 2. The van der Waals surface area contributed by atoms with E-state index in [0.29, 0.717) is 5.56 Å². The van der Waals surface area contributed by atoms with Gasteiger partial charge in [0.2, 0.25) is 5.69 Å². The van der Waals surface area contributed by atoms with Crippen LogP contribution in [0.4, 0.5) is 0 Å². The molecule has 0 saturated carbocycles. The highest BCUT2D eigenvalue weighted by molar-refractivity contribution is 6.31. The predicted molar refractivity (Wildman–Crippen MR) is 153 cm³/mol. The van der Waals surface area contributed by atoms with Gasteiger partial charge in [-0.2, -0.15) is 0 Å². The summed E-state index contributed by atoms with van der Waals surface area (Å²) < 4.78 is 22.0. The topological polar surface area (TPSA) is 8.29 Å². The largest absolute Gasteiger partial charge is 0.308 e. The summed E-state index contributed by atoms with van der Waals surface area (Å²) in [6.45, 7) is 8.04. The smallest absolute Gasteiger partial charge is 0.212 e.